The summed E-state index contributed by atoms with van der Waals surface area (Å²) in [5, 5.41) is 3.46. The molecule has 4 rings (SSSR count). The Kier molecular flexibility index (Phi) is 5.90. The van der Waals surface area contributed by atoms with Crippen molar-refractivity contribution in [2.45, 2.75) is 52.5 Å². The van der Waals surface area contributed by atoms with Crippen LogP contribution in [0.15, 0.2) is 18.2 Å². The lowest BCUT2D eigenvalue weighted by Crippen LogP contribution is -2.34. The van der Waals surface area contributed by atoms with E-state index < -0.39 is 5.97 Å². The Morgan fingerprint density at radius 1 is 1.13 bits per heavy atom. The Balaban J connectivity index is 1.64. The number of hydrogen-bond donors (Lipinski definition) is 1. The molecule has 2 amide bonds. The Bertz CT molecular complexity index is 1010. The minimum absolute atomic E-state index is 0.00591. The number of carbonyl (C=O) groups is 3. The molecule has 2 aliphatic rings. The van der Waals surface area contributed by atoms with Crippen LogP contribution in [-0.2, 0) is 35.3 Å². The van der Waals surface area contributed by atoms with E-state index in [1.54, 1.807) is 18.7 Å². The Morgan fingerprint density at radius 3 is 2.63 bits per heavy atom. The van der Waals surface area contributed by atoms with Crippen molar-refractivity contribution in [2.75, 3.05) is 18.5 Å². The van der Waals surface area contributed by atoms with Crippen LogP contribution in [0.25, 0.3) is 0 Å². The molecule has 2 heterocycles. The molecule has 0 atom stereocenters. The molecule has 6 nitrogen and oxygen atoms in total. The molecular weight excluding hydrogens is 400 g/mol. The van der Waals surface area contributed by atoms with Gasteiger partial charge < -0.3 is 15.0 Å². The summed E-state index contributed by atoms with van der Waals surface area (Å²) in [5.74, 6) is -0.644. The number of benzene rings is 1. The monoisotopic (exact) mass is 426 g/mol. The number of nitrogens with zero attached hydrogens (tertiary/aromatic N) is 1. The highest BCUT2D eigenvalue weighted by molar-refractivity contribution is 7.17. The molecule has 0 bridgehead atoms. The van der Waals surface area contributed by atoms with E-state index in [9.17, 15) is 14.4 Å². The SMILES string of the molecule is CCOC(=O)c1c(NC(=O)c2ccc3c(c2)CCCC3)sc2c1CCN(C(C)=O)C2. The summed E-state index contributed by atoms with van der Waals surface area (Å²) in [6.45, 7) is 4.59. The fourth-order valence-electron chi connectivity index (χ4n) is 4.23. The average molecular weight is 427 g/mol. The Labute approximate surface area is 180 Å². The van der Waals surface area contributed by atoms with Gasteiger partial charge in [-0.15, -0.1) is 11.3 Å². The smallest absolute Gasteiger partial charge is 0.341 e. The van der Waals surface area contributed by atoms with Crippen molar-refractivity contribution in [1.29, 1.82) is 0 Å². The third kappa shape index (κ3) is 3.99. The van der Waals surface area contributed by atoms with Gasteiger partial charge in [-0.3, -0.25) is 9.59 Å². The van der Waals surface area contributed by atoms with Crippen LogP contribution in [0.1, 0.15) is 69.0 Å². The molecule has 0 saturated heterocycles. The summed E-state index contributed by atoms with van der Waals surface area (Å²) in [4.78, 5) is 40.1. The number of esters is 1. The highest BCUT2D eigenvalue weighted by Crippen LogP contribution is 2.38. The first-order chi connectivity index (χ1) is 14.5. The van der Waals surface area contributed by atoms with Crippen LogP contribution in [0.2, 0.25) is 0 Å². The van der Waals surface area contributed by atoms with Gasteiger partial charge in [-0.1, -0.05) is 6.07 Å². The second-order valence-electron chi connectivity index (χ2n) is 7.76. The van der Waals surface area contributed by atoms with Crippen LogP contribution in [0.4, 0.5) is 5.00 Å². The molecule has 1 aromatic carbocycles. The minimum Gasteiger partial charge on any atom is -0.462 e. The molecule has 158 valence electrons. The van der Waals surface area contributed by atoms with Crippen molar-refractivity contribution >= 4 is 34.1 Å². The Morgan fingerprint density at radius 2 is 1.90 bits per heavy atom. The van der Waals surface area contributed by atoms with E-state index in [0.29, 0.717) is 35.6 Å². The lowest BCUT2D eigenvalue weighted by atomic mass is 9.90. The number of ether oxygens (including phenoxy) is 1. The van der Waals surface area contributed by atoms with Gasteiger partial charge in [-0.2, -0.15) is 0 Å². The first-order valence-electron chi connectivity index (χ1n) is 10.5. The number of nitrogens with one attached hydrogen (secondary N) is 1. The third-order valence-electron chi connectivity index (χ3n) is 5.82. The maximum atomic E-state index is 13.0. The molecule has 7 heteroatoms. The van der Waals surface area contributed by atoms with Crippen LogP contribution in [0, 0.1) is 0 Å². The zero-order valence-corrected chi connectivity index (χ0v) is 18.2. The van der Waals surface area contributed by atoms with E-state index in [4.69, 9.17) is 4.74 Å². The van der Waals surface area contributed by atoms with Gasteiger partial charge in [0, 0.05) is 23.9 Å². The van der Waals surface area contributed by atoms with Gasteiger partial charge in [0.25, 0.3) is 5.91 Å². The highest BCUT2D eigenvalue weighted by atomic mass is 32.1. The van der Waals surface area contributed by atoms with E-state index in [1.165, 1.54) is 28.9 Å². The second kappa shape index (κ2) is 8.60. The van der Waals surface area contributed by atoms with E-state index in [1.807, 2.05) is 18.2 Å². The van der Waals surface area contributed by atoms with Crippen LogP contribution in [0.5, 0.6) is 0 Å². The van der Waals surface area contributed by atoms with Crippen LogP contribution in [0.3, 0.4) is 0 Å². The van der Waals surface area contributed by atoms with E-state index >= 15 is 0 Å². The quantitative estimate of drug-likeness (QED) is 0.751. The summed E-state index contributed by atoms with van der Waals surface area (Å²) in [5.41, 5.74) is 4.48. The molecule has 0 unspecified atom stereocenters. The predicted molar refractivity (Wildman–Crippen MR) is 116 cm³/mol. The topological polar surface area (TPSA) is 75.7 Å². The van der Waals surface area contributed by atoms with Gasteiger partial charge in [0.1, 0.15) is 5.00 Å². The molecule has 0 spiro atoms. The summed E-state index contributed by atoms with van der Waals surface area (Å²) in [7, 11) is 0. The lowest BCUT2D eigenvalue weighted by Gasteiger charge is -2.25. The van der Waals surface area contributed by atoms with Gasteiger partial charge in [0.2, 0.25) is 5.91 Å². The van der Waals surface area contributed by atoms with Crippen molar-refractivity contribution in [2.24, 2.45) is 0 Å². The largest absolute Gasteiger partial charge is 0.462 e. The maximum Gasteiger partial charge on any atom is 0.341 e. The van der Waals surface area contributed by atoms with Crippen LogP contribution < -0.4 is 5.32 Å². The minimum atomic E-state index is -0.424. The summed E-state index contributed by atoms with van der Waals surface area (Å²) < 4.78 is 5.26. The number of carbonyl (C=O) groups excluding carboxylic acids is 3. The number of aryl methyl sites for hydroxylation is 2. The molecule has 0 fully saturated rings. The summed E-state index contributed by atoms with van der Waals surface area (Å²) >= 11 is 1.36. The molecule has 30 heavy (non-hydrogen) atoms. The van der Waals surface area contributed by atoms with Gasteiger partial charge in [-0.05, 0) is 67.9 Å². The molecule has 1 aliphatic heterocycles. The molecule has 2 aromatic rings. The zero-order valence-electron chi connectivity index (χ0n) is 17.4. The zero-order chi connectivity index (χ0) is 21.3. The van der Waals surface area contributed by atoms with Crippen LogP contribution >= 0.6 is 11.3 Å². The first kappa shape index (κ1) is 20.6. The van der Waals surface area contributed by atoms with E-state index in [2.05, 4.69) is 5.32 Å². The van der Waals surface area contributed by atoms with Crippen LogP contribution in [-0.4, -0.2) is 35.8 Å². The maximum absolute atomic E-state index is 13.0. The molecule has 1 aliphatic carbocycles. The number of fused-ring (bicyclic) bond motifs is 2. The fraction of sp³-hybridized carbons (Fsp3) is 0.435. The molecule has 1 aromatic heterocycles. The Hall–Kier alpha value is -2.67. The van der Waals surface area contributed by atoms with Crippen molar-refractivity contribution < 1.29 is 19.1 Å². The van der Waals surface area contributed by atoms with Gasteiger partial charge >= 0.3 is 5.97 Å². The number of hydrogen-bond acceptors (Lipinski definition) is 5. The van der Waals surface area contributed by atoms with Gasteiger partial charge in [-0.25, -0.2) is 4.79 Å². The van der Waals surface area contributed by atoms with Crippen molar-refractivity contribution in [3.05, 3.63) is 50.9 Å². The molecule has 0 saturated carbocycles. The summed E-state index contributed by atoms with van der Waals surface area (Å²) in [6.07, 6.45) is 4.98. The number of anilines is 1. The standard InChI is InChI=1S/C23H26N2O4S/c1-3-29-23(28)20-18-10-11-25(14(2)26)13-19(18)30-22(20)24-21(27)17-9-8-15-6-4-5-7-16(15)12-17/h8-9,12H,3-7,10-11,13H2,1-2H3,(H,24,27). The van der Waals surface area contributed by atoms with Gasteiger partial charge in [0.05, 0.1) is 18.7 Å². The molecule has 1 N–H and O–H groups in total. The van der Waals surface area contributed by atoms with Crippen molar-refractivity contribution in [3.63, 3.8) is 0 Å². The summed E-state index contributed by atoms with van der Waals surface area (Å²) in [6, 6.07) is 5.87. The predicted octanol–water partition coefficient (Wildman–Crippen LogP) is 3.96. The number of amides is 2. The van der Waals surface area contributed by atoms with E-state index in [-0.39, 0.29) is 18.4 Å². The molecular formula is C23H26N2O4S. The van der Waals surface area contributed by atoms with E-state index in [0.717, 1.165) is 29.7 Å². The normalized spacial score (nSPS) is 15.2. The fourth-order valence-corrected chi connectivity index (χ4v) is 5.48. The van der Waals surface area contributed by atoms with Gasteiger partial charge in [0.15, 0.2) is 0 Å². The number of thiophene rings is 1. The first-order valence-corrected chi connectivity index (χ1v) is 11.3. The molecule has 0 radical (unpaired) electrons. The average Bonchev–Trinajstić information content (AvgIpc) is 3.10. The van der Waals surface area contributed by atoms with Crippen molar-refractivity contribution in [3.8, 4) is 0 Å². The lowest BCUT2D eigenvalue weighted by molar-refractivity contribution is -0.129. The third-order valence-corrected chi connectivity index (χ3v) is 6.95. The second-order valence-corrected chi connectivity index (χ2v) is 8.87. The number of rotatable bonds is 4. The highest BCUT2D eigenvalue weighted by Gasteiger charge is 2.30. The van der Waals surface area contributed by atoms with Crippen molar-refractivity contribution in [1.82, 2.24) is 4.90 Å².